The number of aromatic nitrogens is 4. The van der Waals surface area contributed by atoms with E-state index in [1.54, 1.807) is 18.6 Å². The summed E-state index contributed by atoms with van der Waals surface area (Å²) in [6.45, 7) is 2.92. The van der Waals surface area contributed by atoms with Gasteiger partial charge in [-0.25, -0.2) is 15.0 Å². The molecular weight excluding hydrogens is 258 g/mol. The Bertz CT molecular complexity index is 556. The molecule has 98 valence electrons. The van der Waals surface area contributed by atoms with Crippen LogP contribution in [-0.2, 0) is 0 Å². The molecule has 2 aromatic rings. The lowest BCUT2D eigenvalue weighted by Crippen LogP contribution is -2.03. The van der Waals surface area contributed by atoms with Crippen molar-refractivity contribution < 1.29 is 0 Å². The fourth-order valence-corrected chi connectivity index (χ4v) is 2.49. The highest BCUT2D eigenvalue weighted by molar-refractivity contribution is 7.99. The molecule has 0 amide bonds. The van der Waals surface area contributed by atoms with E-state index in [1.807, 2.05) is 6.07 Å². The Hall–Kier alpha value is -1.69. The van der Waals surface area contributed by atoms with Crippen LogP contribution in [0.4, 0.5) is 5.82 Å². The lowest BCUT2D eigenvalue weighted by Gasteiger charge is -2.07. The van der Waals surface area contributed by atoms with E-state index < -0.39 is 0 Å². The molecule has 0 bridgehead atoms. The molecule has 1 saturated carbocycles. The van der Waals surface area contributed by atoms with Gasteiger partial charge < -0.3 is 5.32 Å². The highest BCUT2D eigenvalue weighted by Gasteiger charge is 2.27. The second-order valence-electron chi connectivity index (χ2n) is 4.40. The lowest BCUT2D eigenvalue weighted by atomic mass is 10.4. The number of nitrogens with zero attached hydrogens (tertiary/aromatic N) is 4. The Morgan fingerprint density at radius 3 is 2.84 bits per heavy atom. The number of hydrogen-bond donors (Lipinski definition) is 1. The minimum absolute atomic E-state index is 0.541. The summed E-state index contributed by atoms with van der Waals surface area (Å²) in [5.74, 6) is 2.38. The first-order valence-corrected chi connectivity index (χ1v) is 7.23. The van der Waals surface area contributed by atoms with Gasteiger partial charge in [-0.1, -0.05) is 0 Å². The first kappa shape index (κ1) is 12.3. The van der Waals surface area contributed by atoms with E-state index in [9.17, 15) is 0 Å². The molecule has 0 saturated heterocycles. The van der Waals surface area contributed by atoms with Crippen LogP contribution in [0.15, 0.2) is 34.7 Å². The van der Waals surface area contributed by atoms with Crippen molar-refractivity contribution >= 4 is 17.6 Å². The summed E-state index contributed by atoms with van der Waals surface area (Å²) in [6.07, 6.45) is 7.51. The van der Waals surface area contributed by atoms with Crippen LogP contribution in [0.3, 0.4) is 0 Å². The standard InChI is InChI=1S/C13H15N5S/c1-2-15-10-7-11(18-13(17-10)9-3-4-9)19-12-8-14-5-6-16-12/h5-9H,2-4H2,1H3,(H,15,17,18). The van der Waals surface area contributed by atoms with E-state index >= 15 is 0 Å². The van der Waals surface area contributed by atoms with Crippen LogP contribution < -0.4 is 5.32 Å². The highest BCUT2D eigenvalue weighted by atomic mass is 32.2. The summed E-state index contributed by atoms with van der Waals surface area (Å²) in [4.78, 5) is 17.5. The van der Waals surface area contributed by atoms with Crippen molar-refractivity contribution in [1.82, 2.24) is 19.9 Å². The normalized spacial score (nSPS) is 14.4. The molecule has 0 unspecified atom stereocenters. The summed E-state index contributed by atoms with van der Waals surface area (Å²) in [6, 6.07) is 1.97. The zero-order valence-electron chi connectivity index (χ0n) is 10.7. The quantitative estimate of drug-likeness (QED) is 0.845. The second-order valence-corrected chi connectivity index (χ2v) is 5.44. The topological polar surface area (TPSA) is 63.6 Å². The molecule has 1 fully saturated rings. The third-order valence-electron chi connectivity index (χ3n) is 2.77. The molecule has 1 aliphatic carbocycles. The molecule has 6 heteroatoms. The number of nitrogens with one attached hydrogen (secondary N) is 1. The van der Waals surface area contributed by atoms with Gasteiger partial charge in [-0.3, -0.25) is 4.98 Å². The molecular formula is C13H15N5S. The Morgan fingerprint density at radius 2 is 2.16 bits per heavy atom. The molecule has 1 aliphatic rings. The van der Waals surface area contributed by atoms with Crippen molar-refractivity contribution in [2.45, 2.75) is 35.7 Å². The summed E-state index contributed by atoms with van der Waals surface area (Å²) in [5.41, 5.74) is 0. The van der Waals surface area contributed by atoms with Gasteiger partial charge in [0.25, 0.3) is 0 Å². The third kappa shape index (κ3) is 3.20. The van der Waals surface area contributed by atoms with Gasteiger partial charge in [0.1, 0.15) is 21.7 Å². The lowest BCUT2D eigenvalue weighted by molar-refractivity contribution is 0.875. The van der Waals surface area contributed by atoms with Crippen LogP contribution in [-0.4, -0.2) is 26.5 Å². The maximum absolute atomic E-state index is 4.62. The number of rotatable bonds is 5. The molecule has 0 radical (unpaired) electrons. The van der Waals surface area contributed by atoms with E-state index in [1.165, 1.54) is 24.6 Å². The van der Waals surface area contributed by atoms with Gasteiger partial charge in [0.2, 0.25) is 0 Å². The van der Waals surface area contributed by atoms with Gasteiger partial charge >= 0.3 is 0 Å². The molecule has 2 heterocycles. The zero-order chi connectivity index (χ0) is 13.1. The van der Waals surface area contributed by atoms with Crippen LogP contribution in [0.5, 0.6) is 0 Å². The molecule has 3 rings (SSSR count). The Labute approximate surface area is 116 Å². The number of anilines is 1. The predicted molar refractivity (Wildman–Crippen MR) is 74.3 cm³/mol. The monoisotopic (exact) mass is 273 g/mol. The molecule has 0 aliphatic heterocycles. The number of hydrogen-bond acceptors (Lipinski definition) is 6. The van der Waals surface area contributed by atoms with Gasteiger partial charge in [0.05, 0.1) is 6.20 Å². The molecule has 5 nitrogen and oxygen atoms in total. The van der Waals surface area contributed by atoms with Gasteiger partial charge in [-0.05, 0) is 31.5 Å². The van der Waals surface area contributed by atoms with Crippen LogP contribution in [0.25, 0.3) is 0 Å². The van der Waals surface area contributed by atoms with Crippen LogP contribution in [0.1, 0.15) is 31.5 Å². The third-order valence-corrected chi connectivity index (χ3v) is 3.61. The fourth-order valence-electron chi connectivity index (χ4n) is 1.74. The van der Waals surface area contributed by atoms with E-state index in [2.05, 4.69) is 32.2 Å². The van der Waals surface area contributed by atoms with E-state index in [0.29, 0.717) is 5.92 Å². The van der Waals surface area contributed by atoms with Gasteiger partial charge in [0.15, 0.2) is 0 Å². The molecule has 19 heavy (non-hydrogen) atoms. The van der Waals surface area contributed by atoms with E-state index in [0.717, 1.165) is 28.2 Å². The van der Waals surface area contributed by atoms with Crippen molar-refractivity contribution in [3.05, 3.63) is 30.5 Å². The van der Waals surface area contributed by atoms with Gasteiger partial charge in [-0.2, -0.15) is 0 Å². The molecule has 1 N–H and O–H groups in total. The smallest absolute Gasteiger partial charge is 0.135 e. The summed E-state index contributed by atoms with van der Waals surface area (Å²) in [5, 5.41) is 5.03. The fraction of sp³-hybridized carbons (Fsp3) is 0.385. The van der Waals surface area contributed by atoms with Crippen molar-refractivity contribution in [3.63, 3.8) is 0 Å². The van der Waals surface area contributed by atoms with Crippen molar-refractivity contribution in [1.29, 1.82) is 0 Å². The second kappa shape index (κ2) is 5.52. The van der Waals surface area contributed by atoms with Crippen LogP contribution >= 0.6 is 11.8 Å². The van der Waals surface area contributed by atoms with Crippen LogP contribution in [0.2, 0.25) is 0 Å². The maximum Gasteiger partial charge on any atom is 0.135 e. The van der Waals surface area contributed by atoms with E-state index in [-0.39, 0.29) is 0 Å². The van der Waals surface area contributed by atoms with Crippen LogP contribution in [0, 0.1) is 0 Å². The first-order chi connectivity index (χ1) is 9.35. The zero-order valence-corrected chi connectivity index (χ0v) is 11.5. The first-order valence-electron chi connectivity index (χ1n) is 6.42. The van der Waals surface area contributed by atoms with Gasteiger partial charge in [-0.15, -0.1) is 0 Å². The maximum atomic E-state index is 4.62. The Morgan fingerprint density at radius 1 is 1.26 bits per heavy atom. The minimum Gasteiger partial charge on any atom is -0.370 e. The van der Waals surface area contributed by atoms with Gasteiger partial charge in [0, 0.05) is 30.9 Å². The summed E-state index contributed by atoms with van der Waals surface area (Å²) < 4.78 is 0. The predicted octanol–water partition coefficient (Wildman–Crippen LogP) is 2.73. The minimum atomic E-state index is 0.541. The molecule has 0 aromatic carbocycles. The Kier molecular flexibility index (Phi) is 3.59. The average Bonchev–Trinajstić information content (AvgIpc) is 3.24. The summed E-state index contributed by atoms with van der Waals surface area (Å²) in [7, 11) is 0. The van der Waals surface area contributed by atoms with Crippen molar-refractivity contribution in [2.24, 2.45) is 0 Å². The van der Waals surface area contributed by atoms with E-state index in [4.69, 9.17) is 0 Å². The molecule has 2 aromatic heterocycles. The Balaban J connectivity index is 1.86. The van der Waals surface area contributed by atoms with Crippen molar-refractivity contribution in [2.75, 3.05) is 11.9 Å². The highest BCUT2D eigenvalue weighted by Crippen LogP contribution is 2.39. The molecule has 0 spiro atoms. The largest absolute Gasteiger partial charge is 0.370 e. The SMILES string of the molecule is CCNc1cc(Sc2cnccn2)nc(C2CC2)n1. The molecule has 0 atom stereocenters. The average molecular weight is 273 g/mol. The summed E-state index contributed by atoms with van der Waals surface area (Å²) >= 11 is 1.52. The van der Waals surface area contributed by atoms with Crippen molar-refractivity contribution in [3.8, 4) is 0 Å².